The van der Waals surface area contributed by atoms with Gasteiger partial charge in [-0.15, -0.1) is 0 Å². The number of rotatable bonds is 0. The molecule has 0 amide bonds. The van der Waals surface area contributed by atoms with E-state index >= 15 is 0 Å². The predicted octanol–water partition coefficient (Wildman–Crippen LogP) is 1.67. The van der Waals surface area contributed by atoms with Crippen LogP contribution < -0.4 is 5.73 Å². The Morgan fingerprint density at radius 3 is 2.00 bits per heavy atom. The minimum absolute atomic E-state index is 0.0486. The summed E-state index contributed by atoms with van der Waals surface area (Å²) in [6.07, 6.45) is 0.909. The third-order valence-corrected chi connectivity index (χ3v) is 1.28. The van der Waals surface area contributed by atoms with E-state index in [0.29, 0.717) is 0 Å². The number of halogens is 4. The van der Waals surface area contributed by atoms with Gasteiger partial charge in [-0.25, -0.2) is 0 Å². The largest absolute Gasteiger partial charge is 0.399 e. The Hall–Kier alpha value is -1.00. The lowest BCUT2D eigenvalue weighted by atomic mass is 10.1. The van der Waals surface area contributed by atoms with Crippen LogP contribution in [-0.4, -0.2) is 11.8 Å². The summed E-state index contributed by atoms with van der Waals surface area (Å²) in [6.45, 7) is 0. The molecule has 0 aromatic carbocycles. The van der Waals surface area contributed by atoms with E-state index in [1.807, 2.05) is 0 Å². The third-order valence-electron chi connectivity index (χ3n) is 1.28. The second-order valence-corrected chi connectivity index (χ2v) is 2.22. The Morgan fingerprint density at radius 2 is 1.64 bits per heavy atom. The van der Waals surface area contributed by atoms with Crippen molar-refractivity contribution in [1.82, 2.24) is 0 Å². The van der Waals surface area contributed by atoms with Gasteiger partial charge in [0.2, 0.25) is 0 Å². The lowest BCUT2D eigenvalue weighted by Crippen LogP contribution is -2.39. The summed E-state index contributed by atoms with van der Waals surface area (Å²) in [6, 6.07) is 0. The van der Waals surface area contributed by atoms with Gasteiger partial charge in [-0.1, -0.05) is 0 Å². The molecule has 0 saturated carbocycles. The molecule has 0 fully saturated rings. The summed E-state index contributed by atoms with van der Waals surface area (Å²) in [5, 5.41) is 0. The van der Waals surface area contributed by atoms with Gasteiger partial charge in [-0.2, -0.15) is 17.6 Å². The monoisotopic (exact) mass is 167 g/mol. The zero-order chi connectivity index (χ0) is 8.70. The van der Waals surface area contributed by atoms with Gasteiger partial charge in [0.1, 0.15) is 0 Å². The predicted molar refractivity (Wildman–Crippen MR) is 31.3 cm³/mol. The van der Waals surface area contributed by atoms with E-state index < -0.39 is 11.8 Å². The van der Waals surface area contributed by atoms with E-state index in [4.69, 9.17) is 5.73 Å². The summed E-state index contributed by atoms with van der Waals surface area (Å²) in [5.41, 5.74) is 4.55. The molecule has 0 radical (unpaired) electrons. The molecule has 5 heteroatoms. The van der Waals surface area contributed by atoms with Crippen molar-refractivity contribution in [1.29, 1.82) is 0 Å². The molecule has 0 aromatic rings. The first-order chi connectivity index (χ1) is 4.85. The van der Waals surface area contributed by atoms with Crippen molar-refractivity contribution in [2.24, 2.45) is 5.73 Å². The summed E-state index contributed by atoms with van der Waals surface area (Å²) in [4.78, 5) is 0. The molecular formula is C6H5F4N. The van der Waals surface area contributed by atoms with E-state index in [-0.39, 0.29) is 17.8 Å². The van der Waals surface area contributed by atoms with Crippen molar-refractivity contribution in [3.63, 3.8) is 0 Å². The van der Waals surface area contributed by atoms with Crippen LogP contribution in [-0.2, 0) is 0 Å². The Kier molecular flexibility index (Phi) is 1.47. The molecule has 0 heterocycles. The van der Waals surface area contributed by atoms with Gasteiger partial charge in [0.05, 0.1) is 0 Å². The highest BCUT2D eigenvalue weighted by molar-refractivity contribution is 5.29. The fourth-order valence-electron chi connectivity index (χ4n) is 0.666. The first-order valence-electron chi connectivity index (χ1n) is 2.78. The summed E-state index contributed by atoms with van der Waals surface area (Å²) < 4.78 is 49.0. The van der Waals surface area contributed by atoms with Crippen LogP contribution in [0, 0.1) is 0 Å². The molecule has 0 aromatic heterocycles. The maximum Gasteiger partial charge on any atom is 0.334 e. The molecule has 62 valence electrons. The van der Waals surface area contributed by atoms with Crippen LogP contribution in [0.15, 0.2) is 23.9 Å². The number of allylic oxidation sites excluding steroid dienone is 3. The molecule has 0 saturated heterocycles. The van der Waals surface area contributed by atoms with Crippen molar-refractivity contribution < 1.29 is 17.6 Å². The van der Waals surface area contributed by atoms with Gasteiger partial charge in [-0.3, -0.25) is 0 Å². The van der Waals surface area contributed by atoms with Crippen molar-refractivity contribution in [3.8, 4) is 0 Å². The van der Waals surface area contributed by atoms with Crippen LogP contribution in [0.2, 0.25) is 0 Å². The summed E-state index contributed by atoms with van der Waals surface area (Å²) >= 11 is 0. The molecule has 0 aliphatic heterocycles. The standard InChI is InChI=1S/C6H5F4N/c7-5(8)2-1-4(11)3-6(5,9)10/h1-3H,11H2. The fraction of sp³-hybridized carbons (Fsp3) is 0.333. The molecule has 0 unspecified atom stereocenters. The normalized spacial score (nSPS) is 26.4. The Morgan fingerprint density at radius 1 is 1.09 bits per heavy atom. The van der Waals surface area contributed by atoms with E-state index in [0.717, 1.165) is 6.08 Å². The minimum Gasteiger partial charge on any atom is -0.399 e. The zero-order valence-corrected chi connectivity index (χ0v) is 5.32. The number of nitrogens with two attached hydrogens (primary N) is 1. The number of alkyl halides is 4. The van der Waals surface area contributed by atoms with Crippen molar-refractivity contribution in [2.75, 3.05) is 0 Å². The Bertz CT molecular complexity index is 229. The fourth-order valence-corrected chi connectivity index (χ4v) is 0.666. The average molecular weight is 167 g/mol. The summed E-state index contributed by atoms with van der Waals surface area (Å²) in [5.74, 6) is -8.28. The van der Waals surface area contributed by atoms with Crippen LogP contribution >= 0.6 is 0 Å². The van der Waals surface area contributed by atoms with E-state index in [2.05, 4.69) is 0 Å². The zero-order valence-electron chi connectivity index (χ0n) is 5.32. The van der Waals surface area contributed by atoms with Crippen molar-refractivity contribution >= 4 is 0 Å². The maximum atomic E-state index is 12.3. The molecule has 0 spiro atoms. The van der Waals surface area contributed by atoms with E-state index in [9.17, 15) is 17.6 Å². The Balaban J connectivity index is 3.04. The molecule has 1 rings (SSSR count). The highest BCUT2D eigenvalue weighted by Crippen LogP contribution is 2.39. The van der Waals surface area contributed by atoms with Crippen LogP contribution in [0.3, 0.4) is 0 Å². The molecule has 0 atom stereocenters. The van der Waals surface area contributed by atoms with E-state index in [1.165, 1.54) is 0 Å². The van der Waals surface area contributed by atoms with Gasteiger partial charge in [0, 0.05) is 11.8 Å². The van der Waals surface area contributed by atoms with Gasteiger partial charge in [0.25, 0.3) is 0 Å². The summed E-state index contributed by atoms with van der Waals surface area (Å²) in [7, 11) is 0. The number of hydrogen-bond acceptors (Lipinski definition) is 1. The average Bonchev–Trinajstić information content (AvgIpc) is 1.80. The molecule has 2 N–H and O–H groups in total. The van der Waals surface area contributed by atoms with Crippen LogP contribution in [0.5, 0.6) is 0 Å². The molecule has 0 bridgehead atoms. The van der Waals surface area contributed by atoms with Gasteiger partial charge >= 0.3 is 11.8 Å². The van der Waals surface area contributed by atoms with E-state index in [1.54, 1.807) is 0 Å². The molecule has 1 aliphatic rings. The molecule has 1 aliphatic carbocycles. The first kappa shape index (κ1) is 8.10. The van der Waals surface area contributed by atoms with Crippen LogP contribution in [0.25, 0.3) is 0 Å². The molecule has 11 heavy (non-hydrogen) atoms. The second-order valence-electron chi connectivity index (χ2n) is 2.22. The number of hydrogen-bond donors (Lipinski definition) is 1. The maximum absolute atomic E-state index is 12.3. The molecular weight excluding hydrogens is 162 g/mol. The Labute approximate surface area is 60.2 Å². The minimum atomic E-state index is -4.16. The highest BCUT2D eigenvalue weighted by atomic mass is 19.3. The smallest absolute Gasteiger partial charge is 0.334 e. The SMILES string of the molecule is NC1=CC(F)(F)C(F)(F)C=C1. The lowest BCUT2D eigenvalue weighted by molar-refractivity contribution is -0.148. The van der Waals surface area contributed by atoms with Crippen molar-refractivity contribution in [2.45, 2.75) is 11.8 Å². The third kappa shape index (κ3) is 1.22. The second kappa shape index (κ2) is 1.99. The van der Waals surface area contributed by atoms with Gasteiger partial charge in [-0.05, 0) is 12.2 Å². The van der Waals surface area contributed by atoms with Gasteiger partial charge in [0.15, 0.2) is 0 Å². The topological polar surface area (TPSA) is 26.0 Å². The molecule has 1 nitrogen and oxygen atoms in total. The first-order valence-corrected chi connectivity index (χ1v) is 2.78. The highest BCUT2D eigenvalue weighted by Gasteiger charge is 2.54. The quantitative estimate of drug-likeness (QED) is 0.545. The lowest BCUT2D eigenvalue weighted by Gasteiger charge is -2.23. The van der Waals surface area contributed by atoms with Crippen LogP contribution in [0.1, 0.15) is 0 Å². The van der Waals surface area contributed by atoms with Gasteiger partial charge < -0.3 is 5.73 Å². The van der Waals surface area contributed by atoms with Crippen LogP contribution in [0.4, 0.5) is 17.6 Å². The van der Waals surface area contributed by atoms with Crippen molar-refractivity contribution in [3.05, 3.63) is 23.9 Å².